The Balaban J connectivity index is 2.36. The summed E-state index contributed by atoms with van der Waals surface area (Å²) in [6.45, 7) is 2.04. The van der Waals surface area contributed by atoms with Crippen LogP contribution in [-0.2, 0) is 14.3 Å². The number of esters is 1. The number of nitrogens with zero attached hydrogens (tertiary/aromatic N) is 1. The van der Waals surface area contributed by atoms with Crippen LogP contribution in [-0.4, -0.2) is 55.4 Å². The minimum Gasteiger partial charge on any atom is -0.460 e. The second kappa shape index (κ2) is 5.87. The smallest absolute Gasteiger partial charge is 0.379 e. The van der Waals surface area contributed by atoms with Gasteiger partial charge in [0.25, 0.3) is 11.7 Å². The topological polar surface area (TPSA) is 58.6 Å². The van der Waals surface area contributed by atoms with Crippen molar-refractivity contribution in [3.63, 3.8) is 0 Å². The standard InChI is InChI=1S/C13H18F2N2O3/c1-2-20-12(19)10(18)9-7-16-8-13(14,15)11(9)17-5-3-4-6-17/h16H,2-8H2,1H3. The molecule has 0 saturated carbocycles. The molecule has 0 aliphatic carbocycles. The lowest BCUT2D eigenvalue weighted by molar-refractivity contribution is -0.152. The molecule has 20 heavy (non-hydrogen) atoms. The van der Waals surface area contributed by atoms with E-state index in [1.807, 2.05) is 0 Å². The van der Waals surface area contributed by atoms with Crippen LogP contribution in [0.2, 0.25) is 0 Å². The number of ketones is 1. The fourth-order valence-electron chi connectivity index (χ4n) is 2.60. The van der Waals surface area contributed by atoms with Crippen molar-refractivity contribution in [1.29, 1.82) is 0 Å². The third-order valence-electron chi connectivity index (χ3n) is 3.44. The van der Waals surface area contributed by atoms with Crippen molar-refractivity contribution in [2.45, 2.75) is 25.7 Å². The van der Waals surface area contributed by atoms with Crippen molar-refractivity contribution >= 4 is 11.8 Å². The maximum atomic E-state index is 14.1. The highest BCUT2D eigenvalue weighted by molar-refractivity contribution is 6.40. The van der Waals surface area contributed by atoms with E-state index in [-0.39, 0.29) is 24.4 Å². The van der Waals surface area contributed by atoms with Gasteiger partial charge in [-0.05, 0) is 19.8 Å². The van der Waals surface area contributed by atoms with Gasteiger partial charge in [-0.3, -0.25) is 4.79 Å². The van der Waals surface area contributed by atoms with Crippen molar-refractivity contribution in [2.24, 2.45) is 0 Å². The molecule has 1 N–H and O–H groups in total. The van der Waals surface area contributed by atoms with Crippen LogP contribution in [0.1, 0.15) is 19.8 Å². The second-order valence-electron chi connectivity index (χ2n) is 4.88. The van der Waals surface area contributed by atoms with Gasteiger partial charge in [0.1, 0.15) is 0 Å². The molecule has 0 aromatic rings. The molecule has 2 aliphatic rings. The second-order valence-corrected chi connectivity index (χ2v) is 4.88. The van der Waals surface area contributed by atoms with Gasteiger partial charge in [-0.2, -0.15) is 8.78 Å². The lowest BCUT2D eigenvalue weighted by atomic mass is 9.99. The number of halogens is 2. The number of carbonyl (C=O) groups is 2. The minimum atomic E-state index is -3.14. The average Bonchev–Trinajstić information content (AvgIpc) is 2.90. The molecule has 2 heterocycles. The maximum absolute atomic E-state index is 14.1. The van der Waals surface area contributed by atoms with Crippen LogP contribution in [0.5, 0.6) is 0 Å². The molecule has 5 nitrogen and oxygen atoms in total. The third kappa shape index (κ3) is 2.82. The van der Waals surface area contributed by atoms with Crippen molar-refractivity contribution in [3.8, 4) is 0 Å². The molecule has 0 atom stereocenters. The predicted molar refractivity (Wildman–Crippen MR) is 67.3 cm³/mol. The highest BCUT2D eigenvalue weighted by Crippen LogP contribution is 2.34. The number of hydrogen-bond acceptors (Lipinski definition) is 5. The fourth-order valence-corrected chi connectivity index (χ4v) is 2.60. The molecule has 0 aromatic carbocycles. The summed E-state index contributed by atoms with van der Waals surface area (Å²) in [6, 6.07) is 0. The lowest BCUT2D eigenvalue weighted by Crippen LogP contribution is -2.49. The van der Waals surface area contributed by atoms with Crippen molar-refractivity contribution < 1.29 is 23.1 Å². The Labute approximate surface area is 115 Å². The van der Waals surface area contributed by atoms with Crippen LogP contribution in [0.4, 0.5) is 8.78 Å². The molecule has 1 fully saturated rings. The summed E-state index contributed by atoms with van der Waals surface area (Å²) in [7, 11) is 0. The Hall–Kier alpha value is -1.50. The summed E-state index contributed by atoms with van der Waals surface area (Å²) in [5, 5.41) is 2.49. The number of likely N-dealkylation sites (tertiary alicyclic amines) is 1. The summed E-state index contributed by atoms with van der Waals surface area (Å²) in [5.74, 6) is -5.18. The minimum absolute atomic E-state index is 0.0287. The fraction of sp³-hybridized carbons (Fsp3) is 0.692. The summed E-state index contributed by atoms with van der Waals surface area (Å²) in [5.41, 5.74) is -0.464. The first kappa shape index (κ1) is 14.9. The molecule has 2 rings (SSSR count). The van der Waals surface area contributed by atoms with E-state index in [4.69, 9.17) is 0 Å². The number of Topliss-reactive ketones (excluding diaryl/α,β-unsaturated/α-hetero) is 1. The molecule has 0 aromatic heterocycles. The van der Waals surface area contributed by atoms with Gasteiger partial charge in [-0.25, -0.2) is 4.79 Å². The molecule has 7 heteroatoms. The van der Waals surface area contributed by atoms with E-state index < -0.39 is 24.2 Å². The van der Waals surface area contributed by atoms with Crippen LogP contribution in [0.15, 0.2) is 11.3 Å². The largest absolute Gasteiger partial charge is 0.460 e. The zero-order chi connectivity index (χ0) is 14.8. The number of nitrogens with one attached hydrogen (secondary N) is 1. The first-order valence-corrected chi connectivity index (χ1v) is 6.76. The number of rotatable bonds is 4. The van der Waals surface area contributed by atoms with E-state index >= 15 is 0 Å². The van der Waals surface area contributed by atoms with Crippen LogP contribution >= 0.6 is 0 Å². The van der Waals surface area contributed by atoms with Gasteiger partial charge in [0.2, 0.25) is 0 Å². The molecule has 2 aliphatic heterocycles. The monoisotopic (exact) mass is 288 g/mol. The predicted octanol–water partition coefficient (Wildman–Crippen LogP) is 0.707. The SMILES string of the molecule is CCOC(=O)C(=O)C1=C(N2CCCC2)C(F)(F)CNC1. The van der Waals surface area contributed by atoms with Gasteiger partial charge in [0.05, 0.1) is 18.8 Å². The van der Waals surface area contributed by atoms with E-state index in [2.05, 4.69) is 10.1 Å². The van der Waals surface area contributed by atoms with Gasteiger partial charge in [-0.15, -0.1) is 0 Å². The summed E-state index contributed by atoms with van der Waals surface area (Å²) < 4.78 is 32.9. The zero-order valence-electron chi connectivity index (χ0n) is 11.4. The van der Waals surface area contributed by atoms with Crippen molar-refractivity contribution in [3.05, 3.63) is 11.3 Å². The molecule has 0 bridgehead atoms. The number of carbonyl (C=O) groups excluding carboxylic acids is 2. The Morgan fingerprint density at radius 3 is 2.60 bits per heavy atom. The summed E-state index contributed by atoms with van der Waals surface area (Å²) in [4.78, 5) is 25.0. The van der Waals surface area contributed by atoms with Crippen LogP contribution < -0.4 is 5.32 Å². The number of alkyl halides is 2. The molecule has 0 unspecified atom stereocenters. The van der Waals surface area contributed by atoms with Crippen LogP contribution in [0, 0.1) is 0 Å². The van der Waals surface area contributed by atoms with Gasteiger partial charge in [-0.1, -0.05) is 0 Å². The molecule has 1 saturated heterocycles. The summed E-state index contributed by atoms with van der Waals surface area (Å²) >= 11 is 0. The first-order chi connectivity index (χ1) is 9.47. The summed E-state index contributed by atoms with van der Waals surface area (Å²) in [6.07, 6.45) is 1.63. The first-order valence-electron chi connectivity index (χ1n) is 6.76. The Morgan fingerprint density at radius 2 is 2.00 bits per heavy atom. The van der Waals surface area contributed by atoms with Gasteiger partial charge in [0.15, 0.2) is 0 Å². The molecular formula is C13H18F2N2O3. The van der Waals surface area contributed by atoms with Gasteiger partial charge in [0, 0.05) is 25.2 Å². The molecule has 0 radical (unpaired) electrons. The Kier molecular flexibility index (Phi) is 4.37. The third-order valence-corrected chi connectivity index (χ3v) is 3.44. The van der Waals surface area contributed by atoms with E-state index in [1.54, 1.807) is 6.92 Å². The number of ether oxygens (including phenoxy) is 1. The molecule has 112 valence electrons. The van der Waals surface area contributed by atoms with Crippen LogP contribution in [0.25, 0.3) is 0 Å². The van der Waals surface area contributed by atoms with Gasteiger partial charge >= 0.3 is 5.97 Å². The lowest BCUT2D eigenvalue weighted by Gasteiger charge is -2.34. The molecule has 0 amide bonds. The van der Waals surface area contributed by atoms with E-state index in [0.717, 1.165) is 12.8 Å². The van der Waals surface area contributed by atoms with Crippen molar-refractivity contribution in [1.82, 2.24) is 10.2 Å². The van der Waals surface area contributed by atoms with E-state index in [1.165, 1.54) is 4.90 Å². The Morgan fingerprint density at radius 1 is 1.35 bits per heavy atom. The van der Waals surface area contributed by atoms with Gasteiger partial charge < -0.3 is 15.0 Å². The Bertz CT molecular complexity index is 443. The quantitative estimate of drug-likeness (QED) is 0.610. The highest BCUT2D eigenvalue weighted by Gasteiger charge is 2.45. The normalized spacial score (nSPS) is 22.1. The van der Waals surface area contributed by atoms with E-state index in [0.29, 0.717) is 13.1 Å². The highest BCUT2D eigenvalue weighted by atomic mass is 19.3. The zero-order valence-corrected chi connectivity index (χ0v) is 11.4. The molecular weight excluding hydrogens is 270 g/mol. The average molecular weight is 288 g/mol. The van der Waals surface area contributed by atoms with Crippen molar-refractivity contribution in [2.75, 3.05) is 32.8 Å². The molecule has 0 spiro atoms. The number of hydrogen-bond donors (Lipinski definition) is 1. The van der Waals surface area contributed by atoms with Crippen LogP contribution in [0.3, 0.4) is 0 Å². The van der Waals surface area contributed by atoms with E-state index in [9.17, 15) is 18.4 Å². The maximum Gasteiger partial charge on any atom is 0.379 e.